The third kappa shape index (κ3) is 6.64. The van der Waals surface area contributed by atoms with E-state index in [1.54, 1.807) is 24.3 Å². The van der Waals surface area contributed by atoms with Gasteiger partial charge in [0, 0.05) is 17.7 Å². The highest BCUT2D eigenvalue weighted by Crippen LogP contribution is 2.37. The molecule has 0 radical (unpaired) electrons. The average molecular weight is 527 g/mol. The second kappa shape index (κ2) is 12.3. The van der Waals surface area contributed by atoms with Crippen LogP contribution in [0.15, 0.2) is 64.3 Å². The minimum Gasteiger partial charge on any atom is -0.478 e. The Bertz CT molecular complexity index is 1420. The smallest absolute Gasteiger partial charge is 0.339 e. The second-order valence-electron chi connectivity index (χ2n) is 8.07. The normalized spacial score (nSPS) is 11.6. The first-order valence-corrected chi connectivity index (χ1v) is 13.2. The predicted octanol–water partition coefficient (Wildman–Crippen LogP) is 5.02. The molecule has 37 heavy (non-hydrogen) atoms. The lowest BCUT2D eigenvalue weighted by Gasteiger charge is -2.16. The van der Waals surface area contributed by atoms with Crippen molar-refractivity contribution in [2.75, 3.05) is 26.2 Å². The molecule has 3 aromatic rings. The van der Waals surface area contributed by atoms with Crippen molar-refractivity contribution in [3.8, 4) is 22.9 Å². The van der Waals surface area contributed by atoms with Crippen LogP contribution in [0.5, 0.6) is 5.75 Å². The molecule has 1 heterocycles. The number of sulfone groups is 1. The first-order chi connectivity index (χ1) is 17.7. The van der Waals surface area contributed by atoms with Gasteiger partial charge in [-0.2, -0.15) is 5.26 Å². The molecule has 3 rings (SSSR count). The van der Waals surface area contributed by atoms with Gasteiger partial charge in [-0.3, -0.25) is 0 Å². The van der Waals surface area contributed by atoms with Crippen molar-refractivity contribution in [2.45, 2.75) is 24.5 Å². The maximum Gasteiger partial charge on any atom is 0.339 e. The number of furan rings is 1. The molecular formula is C27H27FN2O6S. The number of halogens is 1. The van der Waals surface area contributed by atoms with Crippen molar-refractivity contribution in [1.82, 2.24) is 4.90 Å². The minimum absolute atomic E-state index is 0.0323. The first-order valence-electron chi connectivity index (χ1n) is 11.5. The molecule has 10 heteroatoms. The Labute approximate surface area is 215 Å². The Kier molecular flexibility index (Phi) is 9.22. The number of carboxylic acids is 1. The number of hydrogen-bond acceptors (Lipinski definition) is 7. The summed E-state index contributed by atoms with van der Waals surface area (Å²) in [5.74, 6) is -2.82. The third-order valence-electron chi connectivity index (χ3n) is 5.78. The van der Waals surface area contributed by atoms with Crippen molar-refractivity contribution in [1.29, 1.82) is 5.26 Å². The van der Waals surface area contributed by atoms with Gasteiger partial charge in [-0.1, -0.05) is 38.1 Å². The second-order valence-corrected chi connectivity index (χ2v) is 10.0. The Morgan fingerprint density at radius 2 is 1.97 bits per heavy atom. The van der Waals surface area contributed by atoms with E-state index in [9.17, 15) is 22.7 Å². The molecule has 8 nitrogen and oxygen atoms in total. The van der Waals surface area contributed by atoms with Crippen LogP contribution >= 0.6 is 0 Å². The summed E-state index contributed by atoms with van der Waals surface area (Å²) < 4.78 is 51.5. The van der Waals surface area contributed by atoms with E-state index in [-0.39, 0.29) is 27.3 Å². The number of likely N-dealkylation sites (N-methyl/N-ethyl adjacent to an activating group) is 1. The van der Waals surface area contributed by atoms with Gasteiger partial charge in [0.1, 0.15) is 23.2 Å². The van der Waals surface area contributed by atoms with Crippen LogP contribution in [0.25, 0.3) is 17.2 Å². The van der Waals surface area contributed by atoms with Crippen LogP contribution in [-0.2, 0) is 15.6 Å². The SMILES string of the molecule is CCN(CC)C/C=C/c1cc(F)ccc1S(=O)(=O)Cc1ccc(-c2ccoc2)c(OCC#N)c1C(=O)O. The van der Waals surface area contributed by atoms with Crippen molar-refractivity contribution < 1.29 is 31.9 Å². The van der Waals surface area contributed by atoms with Crippen LogP contribution in [0.1, 0.15) is 35.3 Å². The number of benzene rings is 2. The van der Waals surface area contributed by atoms with Crippen LogP contribution in [0.2, 0.25) is 0 Å². The van der Waals surface area contributed by atoms with Crippen LogP contribution in [-0.4, -0.2) is 50.6 Å². The predicted molar refractivity (Wildman–Crippen MR) is 136 cm³/mol. The molecule has 0 saturated heterocycles. The van der Waals surface area contributed by atoms with Gasteiger partial charge in [-0.15, -0.1) is 0 Å². The van der Waals surface area contributed by atoms with Crippen molar-refractivity contribution in [3.05, 3.63) is 77.5 Å². The van der Waals surface area contributed by atoms with E-state index in [4.69, 9.17) is 14.4 Å². The molecule has 0 aliphatic heterocycles. The summed E-state index contributed by atoms with van der Waals surface area (Å²) in [6.45, 7) is 5.72. The van der Waals surface area contributed by atoms with Crippen molar-refractivity contribution in [3.63, 3.8) is 0 Å². The Morgan fingerprint density at radius 1 is 1.22 bits per heavy atom. The fourth-order valence-corrected chi connectivity index (χ4v) is 5.47. The number of carbonyl (C=O) groups is 1. The molecule has 0 atom stereocenters. The summed E-state index contributed by atoms with van der Waals surface area (Å²) >= 11 is 0. The Balaban J connectivity index is 2.07. The van der Waals surface area contributed by atoms with Gasteiger partial charge >= 0.3 is 5.97 Å². The van der Waals surface area contributed by atoms with Gasteiger partial charge in [0.2, 0.25) is 0 Å². The lowest BCUT2D eigenvalue weighted by atomic mass is 9.99. The van der Waals surface area contributed by atoms with Gasteiger partial charge in [0.05, 0.1) is 23.2 Å². The lowest BCUT2D eigenvalue weighted by Crippen LogP contribution is -2.22. The third-order valence-corrected chi connectivity index (χ3v) is 7.51. The molecule has 1 N–H and O–H groups in total. The van der Waals surface area contributed by atoms with Crippen molar-refractivity contribution >= 4 is 21.9 Å². The molecule has 0 unspecified atom stereocenters. The summed E-state index contributed by atoms with van der Waals surface area (Å²) in [5, 5.41) is 19.0. The molecular weight excluding hydrogens is 499 g/mol. The number of carboxylic acid groups (broad SMARTS) is 1. The summed E-state index contributed by atoms with van der Waals surface area (Å²) in [7, 11) is -4.12. The molecule has 0 amide bonds. The largest absolute Gasteiger partial charge is 0.478 e. The molecule has 2 aromatic carbocycles. The van der Waals surface area contributed by atoms with Gasteiger partial charge in [0.25, 0.3) is 0 Å². The number of rotatable bonds is 12. The van der Waals surface area contributed by atoms with E-state index in [0.717, 1.165) is 25.2 Å². The number of nitriles is 1. The Morgan fingerprint density at radius 3 is 2.59 bits per heavy atom. The zero-order chi connectivity index (χ0) is 27.0. The molecule has 194 valence electrons. The molecule has 1 aromatic heterocycles. The topological polar surface area (TPSA) is 121 Å². The van der Waals surface area contributed by atoms with E-state index in [1.165, 1.54) is 30.7 Å². The fourth-order valence-electron chi connectivity index (χ4n) is 3.90. The monoisotopic (exact) mass is 526 g/mol. The average Bonchev–Trinajstić information content (AvgIpc) is 3.39. The van der Waals surface area contributed by atoms with Crippen LogP contribution in [0.4, 0.5) is 4.39 Å². The highest BCUT2D eigenvalue weighted by molar-refractivity contribution is 7.90. The van der Waals surface area contributed by atoms with Gasteiger partial charge in [-0.25, -0.2) is 17.6 Å². The lowest BCUT2D eigenvalue weighted by molar-refractivity contribution is 0.0692. The zero-order valence-electron chi connectivity index (χ0n) is 20.5. The summed E-state index contributed by atoms with van der Waals surface area (Å²) in [5.41, 5.74) is 0.599. The fraction of sp³-hybridized carbons (Fsp3) is 0.259. The van der Waals surface area contributed by atoms with Gasteiger partial charge in [0.15, 0.2) is 16.4 Å². The van der Waals surface area contributed by atoms with E-state index in [1.807, 2.05) is 13.8 Å². The maximum atomic E-state index is 14.0. The van der Waals surface area contributed by atoms with E-state index in [2.05, 4.69) is 4.90 Å². The van der Waals surface area contributed by atoms with Crippen LogP contribution in [0, 0.1) is 17.1 Å². The summed E-state index contributed by atoms with van der Waals surface area (Å²) in [6.07, 6.45) is 6.09. The quantitative estimate of drug-likeness (QED) is 0.327. The van der Waals surface area contributed by atoms with E-state index < -0.39 is 34.0 Å². The van der Waals surface area contributed by atoms with Gasteiger partial charge < -0.3 is 19.2 Å². The summed E-state index contributed by atoms with van der Waals surface area (Å²) in [4.78, 5) is 14.3. The van der Waals surface area contributed by atoms with Gasteiger partial charge in [-0.05, 0) is 48.5 Å². The molecule has 0 fully saturated rings. The van der Waals surface area contributed by atoms with Crippen LogP contribution in [0.3, 0.4) is 0 Å². The molecule has 0 aliphatic rings. The molecule has 0 saturated carbocycles. The van der Waals surface area contributed by atoms with Crippen molar-refractivity contribution in [2.24, 2.45) is 0 Å². The van der Waals surface area contributed by atoms with Crippen LogP contribution < -0.4 is 4.74 Å². The Hall–Kier alpha value is -3.94. The maximum absolute atomic E-state index is 14.0. The highest BCUT2D eigenvalue weighted by Gasteiger charge is 2.27. The molecule has 0 bridgehead atoms. The number of aromatic carboxylic acids is 1. The number of ether oxygens (including phenoxy) is 1. The highest BCUT2D eigenvalue weighted by atomic mass is 32.2. The minimum atomic E-state index is -4.12. The number of hydrogen-bond donors (Lipinski definition) is 1. The molecule has 0 spiro atoms. The molecule has 0 aliphatic carbocycles. The van der Waals surface area contributed by atoms with E-state index >= 15 is 0 Å². The first kappa shape index (κ1) is 27.6. The number of nitrogens with zero attached hydrogens (tertiary/aromatic N) is 2. The zero-order valence-corrected chi connectivity index (χ0v) is 21.3. The van der Waals surface area contributed by atoms with E-state index in [0.29, 0.717) is 17.7 Å². The standard InChI is InChI=1S/C27H27FN2O6S/c1-3-30(4-2)13-5-6-19-16-22(28)8-10-24(19)37(33,34)18-21-7-9-23(20-11-14-35-17-20)26(36-15-12-29)25(21)27(31)32/h5-11,14,16-17H,3-4,13,15,18H2,1-2H3,(H,31,32)/b6-5+. The summed E-state index contributed by atoms with van der Waals surface area (Å²) in [6, 6.07) is 9.65.